The van der Waals surface area contributed by atoms with Crippen molar-refractivity contribution in [1.82, 2.24) is 9.80 Å². The number of piperidine rings is 1. The van der Waals surface area contributed by atoms with Crippen LogP contribution in [0.1, 0.15) is 26.2 Å². The van der Waals surface area contributed by atoms with Crippen LogP contribution in [0.4, 0.5) is 0 Å². The predicted molar refractivity (Wildman–Crippen MR) is 62.2 cm³/mol. The van der Waals surface area contributed by atoms with Crippen molar-refractivity contribution < 1.29 is 14.7 Å². The van der Waals surface area contributed by atoms with Crippen LogP contribution >= 0.6 is 0 Å². The molecule has 0 spiro atoms. The SMILES string of the molecule is CC(=O)N1CCC(C(=O)N2CCC(O)C2)CC1. The zero-order valence-electron chi connectivity index (χ0n) is 10.3. The molecule has 96 valence electrons. The summed E-state index contributed by atoms with van der Waals surface area (Å²) in [4.78, 5) is 26.9. The lowest BCUT2D eigenvalue weighted by atomic mass is 9.95. The van der Waals surface area contributed by atoms with Crippen LogP contribution in [0.3, 0.4) is 0 Å². The molecule has 17 heavy (non-hydrogen) atoms. The summed E-state index contributed by atoms with van der Waals surface area (Å²) in [5, 5.41) is 9.41. The summed E-state index contributed by atoms with van der Waals surface area (Å²) in [6, 6.07) is 0. The minimum Gasteiger partial charge on any atom is -0.391 e. The van der Waals surface area contributed by atoms with Crippen LogP contribution in [0.5, 0.6) is 0 Å². The fourth-order valence-corrected chi connectivity index (χ4v) is 2.64. The Morgan fingerprint density at radius 1 is 1.06 bits per heavy atom. The van der Waals surface area contributed by atoms with Crippen LogP contribution in [-0.4, -0.2) is 59.0 Å². The molecule has 0 radical (unpaired) electrons. The van der Waals surface area contributed by atoms with Gasteiger partial charge in [-0.25, -0.2) is 0 Å². The molecule has 2 amide bonds. The van der Waals surface area contributed by atoms with E-state index in [9.17, 15) is 14.7 Å². The topological polar surface area (TPSA) is 60.9 Å². The average Bonchev–Trinajstić information content (AvgIpc) is 2.75. The number of rotatable bonds is 1. The summed E-state index contributed by atoms with van der Waals surface area (Å²) in [7, 11) is 0. The van der Waals surface area contributed by atoms with Gasteiger partial charge in [0.1, 0.15) is 0 Å². The number of hydrogen-bond acceptors (Lipinski definition) is 3. The highest BCUT2D eigenvalue weighted by molar-refractivity contribution is 5.80. The van der Waals surface area contributed by atoms with Crippen molar-refractivity contribution in [2.75, 3.05) is 26.2 Å². The predicted octanol–water partition coefficient (Wildman–Crippen LogP) is -0.162. The number of carbonyl (C=O) groups excluding carboxylic acids is 2. The van der Waals surface area contributed by atoms with Crippen LogP contribution in [0.15, 0.2) is 0 Å². The Bertz CT molecular complexity index is 311. The molecule has 2 rings (SSSR count). The largest absolute Gasteiger partial charge is 0.391 e. The van der Waals surface area contributed by atoms with Gasteiger partial charge in [0.15, 0.2) is 0 Å². The Morgan fingerprint density at radius 2 is 1.65 bits per heavy atom. The number of amides is 2. The summed E-state index contributed by atoms with van der Waals surface area (Å²) in [5.74, 6) is 0.285. The zero-order valence-corrected chi connectivity index (χ0v) is 10.3. The molecular formula is C12H20N2O3. The zero-order chi connectivity index (χ0) is 12.4. The molecule has 5 nitrogen and oxygen atoms in total. The summed E-state index contributed by atoms with van der Waals surface area (Å²) in [6.07, 6.45) is 1.85. The van der Waals surface area contributed by atoms with E-state index in [0.29, 0.717) is 32.6 Å². The van der Waals surface area contributed by atoms with Gasteiger partial charge in [-0.3, -0.25) is 9.59 Å². The number of hydrogen-bond donors (Lipinski definition) is 1. The van der Waals surface area contributed by atoms with Gasteiger partial charge in [0.2, 0.25) is 11.8 Å². The second-order valence-electron chi connectivity index (χ2n) is 5.01. The average molecular weight is 240 g/mol. The first-order valence-corrected chi connectivity index (χ1v) is 6.30. The van der Waals surface area contributed by atoms with Gasteiger partial charge in [-0.1, -0.05) is 0 Å². The molecule has 2 aliphatic rings. The normalized spacial score (nSPS) is 26.4. The van der Waals surface area contributed by atoms with Crippen molar-refractivity contribution >= 4 is 11.8 Å². The molecule has 2 saturated heterocycles. The fraction of sp³-hybridized carbons (Fsp3) is 0.833. The second kappa shape index (κ2) is 5.04. The van der Waals surface area contributed by atoms with E-state index in [1.54, 1.807) is 16.7 Å². The maximum Gasteiger partial charge on any atom is 0.225 e. The van der Waals surface area contributed by atoms with Gasteiger partial charge < -0.3 is 14.9 Å². The highest BCUT2D eigenvalue weighted by Gasteiger charge is 2.32. The summed E-state index contributed by atoms with van der Waals surface area (Å²) in [6.45, 7) is 4.09. The number of carbonyl (C=O) groups is 2. The van der Waals surface area contributed by atoms with Gasteiger partial charge in [-0.05, 0) is 19.3 Å². The lowest BCUT2D eigenvalue weighted by Gasteiger charge is -2.32. The number of likely N-dealkylation sites (tertiary alicyclic amines) is 2. The molecule has 0 aromatic rings. The number of β-amino-alcohol motifs (C(OH)–C–C–N with tert-alkyl or cyclic N) is 1. The third-order valence-electron chi connectivity index (χ3n) is 3.76. The molecular weight excluding hydrogens is 220 g/mol. The smallest absolute Gasteiger partial charge is 0.225 e. The fourth-order valence-electron chi connectivity index (χ4n) is 2.64. The van der Waals surface area contributed by atoms with Gasteiger partial charge in [0, 0.05) is 39.0 Å². The minimum atomic E-state index is -0.351. The molecule has 2 fully saturated rings. The number of aliphatic hydroxyl groups excluding tert-OH is 1. The lowest BCUT2D eigenvalue weighted by molar-refractivity contribution is -0.139. The van der Waals surface area contributed by atoms with E-state index in [0.717, 1.165) is 12.8 Å². The third kappa shape index (κ3) is 2.77. The molecule has 0 saturated carbocycles. The van der Waals surface area contributed by atoms with Crippen LogP contribution in [0, 0.1) is 5.92 Å². The van der Waals surface area contributed by atoms with E-state index in [1.807, 2.05) is 0 Å². The molecule has 0 aromatic heterocycles. The van der Waals surface area contributed by atoms with Crippen molar-refractivity contribution in [1.29, 1.82) is 0 Å². The van der Waals surface area contributed by atoms with E-state index in [2.05, 4.69) is 0 Å². The first kappa shape index (κ1) is 12.4. The van der Waals surface area contributed by atoms with Crippen molar-refractivity contribution in [3.63, 3.8) is 0 Å². The lowest BCUT2D eigenvalue weighted by Crippen LogP contribution is -2.43. The molecule has 0 aromatic carbocycles. The molecule has 2 aliphatic heterocycles. The summed E-state index contributed by atoms with van der Waals surface area (Å²) < 4.78 is 0. The molecule has 5 heteroatoms. The van der Waals surface area contributed by atoms with E-state index in [4.69, 9.17) is 0 Å². The summed E-state index contributed by atoms with van der Waals surface area (Å²) in [5.41, 5.74) is 0. The van der Waals surface area contributed by atoms with Crippen molar-refractivity contribution in [3.05, 3.63) is 0 Å². The first-order chi connectivity index (χ1) is 8.08. The Morgan fingerprint density at radius 3 is 2.12 bits per heavy atom. The minimum absolute atomic E-state index is 0.0379. The third-order valence-corrected chi connectivity index (χ3v) is 3.76. The van der Waals surface area contributed by atoms with E-state index in [-0.39, 0.29) is 23.8 Å². The molecule has 1 N–H and O–H groups in total. The quantitative estimate of drug-likeness (QED) is 0.692. The van der Waals surface area contributed by atoms with Gasteiger partial charge >= 0.3 is 0 Å². The van der Waals surface area contributed by atoms with E-state index < -0.39 is 0 Å². The highest BCUT2D eigenvalue weighted by Crippen LogP contribution is 2.22. The van der Waals surface area contributed by atoms with Gasteiger partial charge in [0.25, 0.3) is 0 Å². The van der Waals surface area contributed by atoms with E-state index >= 15 is 0 Å². The van der Waals surface area contributed by atoms with Crippen LogP contribution in [-0.2, 0) is 9.59 Å². The first-order valence-electron chi connectivity index (χ1n) is 6.30. The molecule has 0 aliphatic carbocycles. The van der Waals surface area contributed by atoms with Crippen LogP contribution < -0.4 is 0 Å². The Hall–Kier alpha value is -1.10. The second-order valence-corrected chi connectivity index (χ2v) is 5.01. The molecule has 1 atom stereocenters. The van der Waals surface area contributed by atoms with Crippen molar-refractivity contribution in [2.45, 2.75) is 32.3 Å². The highest BCUT2D eigenvalue weighted by atomic mass is 16.3. The standard InChI is InChI=1S/C12H20N2O3/c1-9(15)13-5-2-10(3-6-13)12(17)14-7-4-11(16)8-14/h10-11,16H,2-8H2,1H3. The monoisotopic (exact) mass is 240 g/mol. The maximum atomic E-state index is 12.1. The van der Waals surface area contributed by atoms with Crippen molar-refractivity contribution in [2.24, 2.45) is 5.92 Å². The molecule has 2 heterocycles. The molecule has 1 unspecified atom stereocenters. The number of aliphatic hydroxyl groups is 1. The Labute approximate surface area is 101 Å². The van der Waals surface area contributed by atoms with Crippen LogP contribution in [0.25, 0.3) is 0 Å². The Kier molecular flexibility index (Phi) is 3.66. The van der Waals surface area contributed by atoms with Gasteiger partial charge in [0.05, 0.1) is 6.10 Å². The van der Waals surface area contributed by atoms with E-state index in [1.165, 1.54) is 0 Å². The molecule has 0 bridgehead atoms. The van der Waals surface area contributed by atoms with Gasteiger partial charge in [-0.2, -0.15) is 0 Å². The Balaban J connectivity index is 1.84. The van der Waals surface area contributed by atoms with Gasteiger partial charge in [-0.15, -0.1) is 0 Å². The number of nitrogens with zero attached hydrogens (tertiary/aromatic N) is 2. The van der Waals surface area contributed by atoms with Crippen molar-refractivity contribution in [3.8, 4) is 0 Å². The maximum absolute atomic E-state index is 12.1. The summed E-state index contributed by atoms with van der Waals surface area (Å²) >= 11 is 0. The van der Waals surface area contributed by atoms with Crippen LogP contribution in [0.2, 0.25) is 0 Å².